The lowest BCUT2D eigenvalue weighted by molar-refractivity contribution is -0.136. The zero-order chi connectivity index (χ0) is 15.3. The highest BCUT2D eigenvalue weighted by Crippen LogP contribution is 2.27. The fourth-order valence-electron chi connectivity index (χ4n) is 2.25. The van der Waals surface area contributed by atoms with E-state index in [0.29, 0.717) is 18.9 Å². The molecule has 6 heteroatoms. The van der Waals surface area contributed by atoms with Gasteiger partial charge in [-0.15, -0.1) is 0 Å². The van der Waals surface area contributed by atoms with Gasteiger partial charge < -0.3 is 15.4 Å². The van der Waals surface area contributed by atoms with Crippen molar-refractivity contribution in [3.8, 4) is 5.75 Å². The van der Waals surface area contributed by atoms with Gasteiger partial charge in [-0.2, -0.15) is 0 Å². The molecule has 1 aromatic rings. The summed E-state index contributed by atoms with van der Waals surface area (Å²) in [5, 5.41) is 0. The summed E-state index contributed by atoms with van der Waals surface area (Å²) < 4.78 is 31.5. The van der Waals surface area contributed by atoms with Gasteiger partial charge in [-0.05, 0) is 17.7 Å². The molecule has 1 aromatic carbocycles. The summed E-state index contributed by atoms with van der Waals surface area (Å²) in [6, 6.07) is 7.18. The first-order valence-electron chi connectivity index (χ1n) is 7.07. The Morgan fingerprint density at radius 3 is 2.43 bits per heavy atom. The van der Waals surface area contributed by atoms with Crippen molar-refractivity contribution < 1.29 is 18.3 Å². The zero-order valence-electron chi connectivity index (χ0n) is 11.9. The first-order chi connectivity index (χ1) is 10.00. The number of carbonyl (C=O) groups is 1. The summed E-state index contributed by atoms with van der Waals surface area (Å²) in [7, 11) is 0. The number of benzene rings is 1. The van der Waals surface area contributed by atoms with E-state index in [0.717, 1.165) is 5.56 Å². The smallest absolute Gasteiger partial charge is 0.251 e. The molecule has 2 N–H and O–H groups in total. The second kappa shape index (κ2) is 6.85. The van der Waals surface area contributed by atoms with Crippen molar-refractivity contribution in [2.45, 2.75) is 25.2 Å². The minimum absolute atomic E-state index is 0.110. The number of alkyl halides is 2. The zero-order valence-corrected chi connectivity index (χ0v) is 11.9. The van der Waals surface area contributed by atoms with Gasteiger partial charge in [-0.1, -0.05) is 12.1 Å². The van der Waals surface area contributed by atoms with Crippen LogP contribution in [-0.2, 0) is 11.2 Å². The Hall–Kier alpha value is -1.69. The molecule has 21 heavy (non-hydrogen) atoms. The summed E-state index contributed by atoms with van der Waals surface area (Å²) in [6.45, 7) is 1.15. The quantitative estimate of drug-likeness (QED) is 0.902. The van der Waals surface area contributed by atoms with Gasteiger partial charge in [-0.25, -0.2) is 8.78 Å². The van der Waals surface area contributed by atoms with Crippen LogP contribution in [0.15, 0.2) is 24.3 Å². The minimum atomic E-state index is -2.63. The Kier molecular flexibility index (Phi) is 5.12. The first kappa shape index (κ1) is 15.7. The summed E-state index contributed by atoms with van der Waals surface area (Å²) in [6.07, 6.45) is -0.266. The Morgan fingerprint density at radius 2 is 1.86 bits per heavy atom. The van der Waals surface area contributed by atoms with Gasteiger partial charge in [0.2, 0.25) is 5.91 Å². The Labute approximate surface area is 122 Å². The summed E-state index contributed by atoms with van der Waals surface area (Å²) in [5.41, 5.74) is 6.19. The monoisotopic (exact) mass is 298 g/mol. The number of amides is 1. The predicted octanol–water partition coefficient (Wildman–Crippen LogP) is 1.82. The second-order valence-electron chi connectivity index (χ2n) is 5.19. The lowest BCUT2D eigenvalue weighted by Crippen LogP contribution is -2.43. The summed E-state index contributed by atoms with van der Waals surface area (Å²) >= 11 is 0. The molecule has 0 radical (unpaired) electrons. The molecule has 0 aliphatic carbocycles. The van der Waals surface area contributed by atoms with Crippen molar-refractivity contribution in [1.82, 2.24) is 4.90 Å². The molecule has 0 atom stereocenters. The lowest BCUT2D eigenvalue weighted by atomic mass is 10.1. The topological polar surface area (TPSA) is 55.6 Å². The number of ether oxygens (including phenoxy) is 1. The molecule has 1 aliphatic rings. The SMILES string of the molecule is NCCOc1ccc(CC(=O)N2CCC(F)(F)CC2)cc1. The van der Waals surface area contributed by atoms with Crippen LogP contribution in [-0.4, -0.2) is 43.0 Å². The molecular formula is C15H20F2N2O2. The Morgan fingerprint density at radius 1 is 1.24 bits per heavy atom. The minimum Gasteiger partial charge on any atom is -0.492 e. The Bertz CT molecular complexity index is 467. The number of hydrogen-bond donors (Lipinski definition) is 1. The van der Waals surface area contributed by atoms with Gasteiger partial charge in [0.25, 0.3) is 5.92 Å². The molecule has 1 aliphatic heterocycles. The molecule has 0 unspecified atom stereocenters. The van der Waals surface area contributed by atoms with E-state index in [1.807, 2.05) is 12.1 Å². The molecule has 1 fully saturated rings. The van der Waals surface area contributed by atoms with Crippen LogP contribution in [0.1, 0.15) is 18.4 Å². The molecule has 0 saturated carbocycles. The van der Waals surface area contributed by atoms with E-state index < -0.39 is 5.92 Å². The molecule has 1 amide bonds. The van der Waals surface area contributed by atoms with E-state index in [1.54, 1.807) is 12.1 Å². The van der Waals surface area contributed by atoms with Crippen LogP contribution in [0.3, 0.4) is 0 Å². The van der Waals surface area contributed by atoms with E-state index in [2.05, 4.69) is 0 Å². The van der Waals surface area contributed by atoms with Crippen molar-refractivity contribution in [1.29, 1.82) is 0 Å². The van der Waals surface area contributed by atoms with Crippen molar-refractivity contribution in [2.24, 2.45) is 5.73 Å². The van der Waals surface area contributed by atoms with Crippen molar-refractivity contribution in [3.05, 3.63) is 29.8 Å². The number of nitrogens with two attached hydrogens (primary N) is 1. The molecule has 116 valence electrons. The second-order valence-corrected chi connectivity index (χ2v) is 5.19. The molecule has 1 saturated heterocycles. The van der Waals surface area contributed by atoms with Crippen LogP contribution in [0, 0.1) is 0 Å². The van der Waals surface area contributed by atoms with Gasteiger partial charge in [-0.3, -0.25) is 4.79 Å². The third kappa shape index (κ3) is 4.67. The molecule has 4 nitrogen and oxygen atoms in total. The number of nitrogens with zero attached hydrogens (tertiary/aromatic N) is 1. The fourth-order valence-corrected chi connectivity index (χ4v) is 2.25. The van der Waals surface area contributed by atoms with Crippen LogP contribution >= 0.6 is 0 Å². The van der Waals surface area contributed by atoms with Crippen molar-refractivity contribution in [3.63, 3.8) is 0 Å². The van der Waals surface area contributed by atoms with Crippen LogP contribution in [0.2, 0.25) is 0 Å². The number of hydrogen-bond acceptors (Lipinski definition) is 3. The molecule has 2 rings (SSSR count). The van der Waals surface area contributed by atoms with E-state index in [4.69, 9.17) is 10.5 Å². The van der Waals surface area contributed by atoms with Gasteiger partial charge in [0.15, 0.2) is 0 Å². The van der Waals surface area contributed by atoms with E-state index >= 15 is 0 Å². The van der Waals surface area contributed by atoms with Gasteiger partial charge >= 0.3 is 0 Å². The summed E-state index contributed by atoms with van der Waals surface area (Å²) in [5.74, 6) is -2.03. The Balaban J connectivity index is 1.85. The highest BCUT2D eigenvalue weighted by molar-refractivity contribution is 5.78. The van der Waals surface area contributed by atoms with Crippen LogP contribution in [0.5, 0.6) is 5.75 Å². The van der Waals surface area contributed by atoms with Crippen molar-refractivity contribution in [2.75, 3.05) is 26.2 Å². The third-order valence-corrected chi connectivity index (χ3v) is 3.51. The predicted molar refractivity (Wildman–Crippen MR) is 75.5 cm³/mol. The van der Waals surface area contributed by atoms with E-state index in [9.17, 15) is 13.6 Å². The number of rotatable bonds is 5. The van der Waals surface area contributed by atoms with E-state index in [-0.39, 0.29) is 38.3 Å². The van der Waals surface area contributed by atoms with Gasteiger partial charge in [0, 0.05) is 32.5 Å². The standard InChI is InChI=1S/C15H20F2N2O2/c16-15(17)5-8-19(9-6-15)14(20)11-12-1-3-13(4-2-12)21-10-7-18/h1-4H,5-11,18H2. The molecule has 0 aromatic heterocycles. The first-order valence-corrected chi connectivity index (χ1v) is 7.07. The van der Waals surface area contributed by atoms with Gasteiger partial charge in [0.05, 0.1) is 6.42 Å². The third-order valence-electron chi connectivity index (χ3n) is 3.51. The summed E-state index contributed by atoms with van der Waals surface area (Å²) in [4.78, 5) is 13.6. The lowest BCUT2D eigenvalue weighted by Gasteiger charge is -2.31. The molecule has 1 heterocycles. The van der Waals surface area contributed by atoms with E-state index in [1.165, 1.54) is 4.90 Å². The number of piperidine rings is 1. The largest absolute Gasteiger partial charge is 0.492 e. The molecule has 0 spiro atoms. The molecule has 0 bridgehead atoms. The maximum atomic E-state index is 13.1. The normalized spacial score (nSPS) is 17.6. The van der Waals surface area contributed by atoms with Crippen LogP contribution in [0.4, 0.5) is 8.78 Å². The number of likely N-dealkylation sites (tertiary alicyclic amines) is 1. The van der Waals surface area contributed by atoms with Crippen molar-refractivity contribution >= 4 is 5.91 Å². The number of carbonyl (C=O) groups excluding carboxylic acids is 1. The fraction of sp³-hybridized carbons (Fsp3) is 0.533. The average Bonchev–Trinajstić information content (AvgIpc) is 2.46. The average molecular weight is 298 g/mol. The highest BCUT2D eigenvalue weighted by Gasteiger charge is 2.35. The highest BCUT2D eigenvalue weighted by atomic mass is 19.3. The van der Waals surface area contributed by atoms with Crippen LogP contribution in [0.25, 0.3) is 0 Å². The number of halogens is 2. The maximum Gasteiger partial charge on any atom is 0.251 e. The van der Waals surface area contributed by atoms with Crippen LogP contribution < -0.4 is 10.5 Å². The molecular weight excluding hydrogens is 278 g/mol. The van der Waals surface area contributed by atoms with Gasteiger partial charge in [0.1, 0.15) is 12.4 Å². The maximum absolute atomic E-state index is 13.1.